The lowest BCUT2D eigenvalue weighted by Crippen LogP contribution is -1.95. The zero-order valence-corrected chi connectivity index (χ0v) is 12.5. The Morgan fingerprint density at radius 3 is 2.67 bits per heavy atom. The van der Waals surface area contributed by atoms with E-state index in [0.29, 0.717) is 5.15 Å². The first-order valence-electron chi connectivity index (χ1n) is 5.43. The third kappa shape index (κ3) is 1.89. The van der Waals surface area contributed by atoms with E-state index in [9.17, 15) is 0 Å². The molecule has 3 rings (SSSR count). The summed E-state index contributed by atoms with van der Waals surface area (Å²) in [6.07, 6.45) is 0. The first-order valence-corrected chi connectivity index (χ1v) is 6.89. The van der Waals surface area contributed by atoms with E-state index in [1.165, 1.54) is 0 Å². The van der Waals surface area contributed by atoms with Gasteiger partial charge in [0, 0.05) is 11.6 Å². The van der Waals surface area contributed by atoms with Gasteiger partial charge >= 0.3 is 0 Å². The van der Waals surface area contributed by atoms with Gasteiger partial charge in [-0.15, -0.1) is 0 Å². The van der Waals surface area contributed by atoms with Crippen LogP contribution in [0.15, 0.2) is 36.4 Å². The minimum Gasteiger partial charge on any atom is -0.227 e. The fourth-order valence-corrected chi connectivity index (χ4v) is 2.50. The largest absolute Gasteiger partial charge is 0.227 e. The van der Waals surface area contributed by atoms with Crippen molar-refractivity contribution in [2.45, 2.75) is 6.92 Å². The molecule has 3 nitrogen and oxygen atoms in total. The Bertz CT molecular complexity index is 722. The van der Waals surface area contributed by atoms with Crippen LogP contribution in [0.3, 0.4) is 0 Å². The van der Waals surface area contributed by atoms with Crippen molar-refractivity contribution in [1.29, 1.82) is 0 Å². The maximum atomic E-state index is 6.25. The number of benzene rings is 1. The second-order valence-electron chi connectivity index (χ2n) is 3.96. The van der Waals surface area contributed by atoms with Crippen molar-refractivity contribution < 1.29 is 0 Å². The molecule has 2 heterocycles. The lowest BCUT2D eigenvalue weighted by atomic mass is 10.1. The monoisotopic (exact) mass is 369 g/mol. The van der Waals surface area contributed by atoms with Crippen LogP contribution in [0.2, 0.25) is 5.15 Å². The molecule has 1 aromatic carbocycles. The third-order valence-electron chi connectivity index (χ3n) is 2.72. The summed E-state index contributed by atoms with van der Waals surface area (Å²) in [5, 5.41) is 4.94. The van der Waals surface area contributed by atoms with E-state index in [1.807, 2.05) is 43.3 Å². The lowest BCUT2D eigenvalue weighted by molar-refractivity contribution is 0.919. The Morgan fingerprint density at radius 2 is 1.94 bits per heavy atom. The highest BCUT2D eigenvalue weighted by molar-refractivity contribution is 14.1. The van der Waals surface area contributed by atoms with Gasteiger partial charge in [0.1, 0.15) is 5.15 Å². The lowest BCUT2D eigenvalue weighted by Gasteiger charge is -2.03. The van der Waals surface area contributed by atoms with Crippen LogP contribution in [0, 0.1) is 10.5 Å². The molecule has 0 radical (unpaired) electrons. The minimum atomic E-state index is 0.574. The van der Waals surface area contributed by atoms with Crippen LogP contribution in [-0.2, 0) is 0 Å². The smallest absolute Gasteiger partial charge is 0.171 e. The molecule has 0 saturated heterocycles. The second-order valence-corrected chi connectivity index (χ2v) is 5.43. The Labute approximate surface area is 123 Å². The van der Waals surface area contributed by atoms with E-state index >= 15 is 0 Å². The topological polar surface area (TPSA) is 30.2 Å². The molecule has 0 aliphatic rings. The molecule has 5 heteroatoms. The Hall–Kier alpha value is -1.14. The van der Waals surface area contributed by atoms with E-state index in [0.717, 1.165) is 26.2 Å². The van der Waals surface area contributed by atoms with Crippen LogP contribution < -0.4 is 0 Å². The van der Waals surface area contributed by atoms with Crippen molar-refractivity contribution in [3.8, 4) is 11.3 Å². The molecule has 0 saturated carbocycles. The van der Waals surface area contributed by atoms with E-state index in [2.05, 4.69) is 32.7 Å². The van der Waals surface area contributed by atoms with Gasteiger partial charge in [0.25, 0.3) is 0 Å². The van der Waals surface area contributed by atoms with Gasteiger partial charge in [-0.05, 0) is 29.5 Å². The van der Waals surface area contributed by atoms with Crippen LogP contribution in [0.4, 0.5) is 0 Å². The van der Waals surface area contributed by atoms with Gasteiger partial charge < -0.3 is 0 Å². The predicted octanol–water partition coefficient (Wildman–Crippen LogP) is 3.96. The summed E-state index contributed by atoms with van der Waals surface area (Å²) in [5.41, 5.74) is 3.66. The molecular formula is C13H9ClIN3. The summed E-state index contributed by atoms with van der Waals surface area (Å²) >= 11 is 8.50. The number of halogens is 2. The zero-order valence-electron chi connectivity index (χ0n) is 9.56. The zero-order chi connectivity index (χ0) is 12.7. The molecule has 0 spiro atoms. The highest BCUT2D eigenvalue weighted by Crippen LogP contribution is 2.25. The molecule has 0 amide bonds. The fourth-order valence-electron chi connectivity index (χ4n) is 1.82. The average Bonchev–Trinajstić information content (AvgIpc) is 2.68. The average molecular weight is 370 g/mol. The number of hydrogen-bond acceptors (Lipinski definition) is 2. The predicted molar refractivity (Wildman–Crippen MR) is 80.9 cm³/mol. The molecule has 0 N–H and O–H groups in total. The molecular weight excluding hydrogens is 361 g/mol. The summed E-state index contributed by atoms with van der Waals surface area (Å²) in [7, 11) is 0. The maximum Gasteiger partial charge on any atom is 0.171 e. The van der Waals surface area contributed by atoms with E-state index in [4.69, 9.17) is 11.6 Å². The number of rotatable bonds is 1. The first-order chi connectivity index (χ1) is 8.66. The van der Waals surface area contributed by atoms with Gasteiger partial charge in [0.05, 0.1) is 15.0 Å². The number of aromatic nitrogens is 3. The molecule has 0 aliphatic heterocycles. The van der Waals surface area contributed by atoms with Crippen molar-refractivity contribution >= 4 is 39.8 Å². The first kappa shape index (κ1) is 11.9. The van der Waals surface area contributed by atoms with Gasteiger partial charge in [-0.3, -0.25) is 0 Å². The van der Waals surface area contributed by atoms with Crippen molar-refractivity contribution in [1.82, 2.24) is 14.6 Å². The van der Waals surface area contributed by atoms with Crippen LogP contribution in [0.5, 0.6) is 0 Å². The number of hydrogen-bond donors (Lipinski definition) is 0. The highest BCUT2D eigenvalue weighted by atomic mass is 127. The Kier molecular flexibility index (Phi) is 2.99. The second kappa shape index (κ2) is 4.51. The van der Waals surface area contributed by atoms with Crippen LogP contribution in [-0.4, -0.2) is 14.6 Å². The van der Waals surface area contributed by atoms with Crippen molar-refractivity contribution in [3.63, 3.8) is 0 Å². The van der Waals surface area contributed by atoms with Crippen molar-refractivity contribution in [2.75, 3.05) is 0 Å². The molecule has 3 aromatic rings. The van der Waals surface area contributed by atoms with Gasteiger partial charge in [-0.2, -0.15) is 5.10 Å². The van der Waals surface area contributed by atoms with Crippen molar-refractivity contribution in [2.24, 2.45) is 0 Å². The molecule has 0 atom stereocenters. The summed E-state index contributed by atoms with van der Waals surface area (Å²) < 4.78 is 2.71. The Balaban J connectivity index is 2.30. The molecule has 18 heavy (non-hydrogen) atoms. The summed E-state index contributed by atoms with van der Waals surface area (Å²) in [5.74, 6) is 0. The number of aryl methyl sites for hydroxylation is 1. The van der Waals surface area contributed by atoms with E-state index in [1.54, 1.807) is 4.52 Å². The molecule has 0 fully saturated rings. The van der Waals surface area contributed by atoms with E-state index in [-0.39, 0.29) is 0 Å². The van der Waals surface area contributed by atoms with Gasteiger partial charge in [-0.25, -0.2) is 9.50 Å². The molecule has 90 valence electrons. The normalized spacial score (nSPS) is 11.1. The summed E-state index contributed by atoms with van der Waals surface area (Å²) in [4.78, 5) is 4.64. The van der Waals surface area contributed by atoms with Gasteiger partial charge in [-0.1, -0.05) is 41.9 Å². The summed E-state index contributed by atoms with van der Waals surface area (Å²) in [6.45, 7) is 1.95. The van der Waals surface area contributed by atoms with Crippen LogP contribution in [0.1, 0.15) is 5.69 Å². The summed E-state index contributed by atoms with van der Waals surface area (Å²) in [6, 6.07) is 11.8. The SMILES string of the molecule is Cc1nn2c(Cl)cc(-c3ccccc3)nc2c1I. The van der Waals surface area contributed by atoms with Crippen molar-refractivity contribution in [3.05, 3.63) is 50.8 Å². The fraction of sp³-hybridized carbons (Fsp3) is 0.0769. The minimum absolute atomic E-state index is 0.574. The standard InChI is InChI=1S/C13H9ClIN3/c1-8-12(15)13-16-10(7-11(14)18(13)17-8)9-5-3-2-4-6-9/h2-7H,1H3. The number of fused-ring (bicyclic) bond motifs is 1. The molecule has 0 aliphatic carbocycles. The van der Waals surface area contributed by atoms with Crippen LogP contribution in [0.25, 0.3) is 16.9 Å². The molecule has 0 bridgehead atoms. The maximum absolute atomic E-state index is 6.25. The van der Waals surface area contributed by atoms with Gasteiger partial charge in [0.2, 0.25) is 0 Å². The molecule has 0 unspecified atom stereocenters. The van der Waals surface area contributed by atoms with Gasteiger partial charge in [0.15, 0.2) is 5.65 Å². The third-order valence-corrected chi connectivity index (χ3v) is 4.25. The van der Waals surface area contributed by atoms with E-state index < -0.39 is 0 Å². The molecule has 2 aromatic heterocycles. The Morgan fingerprint density at radius 1 is 1.22 bits per heavy atom. The number of nitrogens with zero attached hydrogens (tertiary/aromatic N) is 3. The quantitative estimate of drug-likeness (QED) is 0.480. The van der Waals surface area contributed by atoms with Crippen LogP contribution >= 0.6 is 34.2 Å². The highest BCUT2D eigenvalue weighted by Gasteiger charge is 2.12.